The number of guanidine groups is 1. The van der Waals surface area contributed by atoms with Crippen LogP contribution in [-0.4, -0.2) is 67.3 Å². The summed E-state index contributed by atoms with van der Waals surface area (Å²) in [4.78, 5) is 11.6. The van der Waals surface area contributed by atoms with Crippen molar-refractivity contribution in [1.29, 1.82) is 0 Å². The Morgan fingerprint density at radius 2 is 2.04 bits per heavy atom. The average Bonchev–Trinajstić information content (AvgIpc) is 2.61. The molecule has 142 valence electrons. The molecule has 0 aliphatic carbocycles. The lowest BCUT2D eigenvalue weighted by Gasteiger charge is -2.39. The number of rotatable bonds is 7. The number of hydrogen-bond donors (Lipinski definition) is 2. The normalized spacial score (nSPS) is 16.2. The first-order chi connectivity index (χ1) is 11.6. The summed E-state index contributed by atoms with van der Waals surface area (Å²) in [6.45, 7) is 12.6. The third-order valence-corrected chi connectivity index (χ3v) is 4.24. The third-order valence-electron chi connectivity index (χ3n) is 4.24. The van der Waals surface area contributed by atoms with Gasteiger partial charge >= 0.3 is 0 Å². The molecule has 1 aromatic rings. The summed E-state index contributed by atoms with van der Waals surface area (Å²) in [5.41, 5.74) is 1.13. The predicted molar refractivity (Wildman–Crippen MR) is 114 cm³/mol. The Kier molecular flexibility index (Phi) is 10.3. The maximum atomic E-state index is 5.45. The van der Waals surface area contributed by atoms with Crippen molar-refractivity contribution in [3.05, 3.63) is 30.1 Å². The van der Waals surface area contributed by atoms with Crippen molar-refractivity contribution in [2.24, 2.45) is 4.99 Å². The van der Waals surface area contributed by atoms with Crippen LogP contribution >= 0.6 is 24.0 Å². The largest absolute Gasteiger partial charge is 0.379 e. The standard InChI is InChI=1S/C18H31N5O.HI/c1-4-19-17(21-10-8-16-7-5-6-9-20-16)22-15-18(2,3)23-11-13-24-14-12-23;/h5-7,9H,4,8,10-15H2,1-3H3,(H2,19,21,22);1H. The van der Waals surface area contributed by atoms with Crippen molar-refractivity contribution in [3.8, 4) is 0 Å². The van der Waals surface area contributed by atoms with Crippen molar-refractivity contribution in [1.82, 2.24) is 20.5 Å². The Labute approximate surface area is 168 Å². The number of nitrogens with one attached hydrogen (secondary N) is 2. The molecule has 1 aromatic heterocycles. The van der Waals surface area contributed by atoms with Crippen LogP contribution in [0.5, 0.6) is 0 Å². The lowest BCUT2D eigenvalue weighted by Crippen LogP contribution is -2.52. The van der Waals surface area contributed by atoms with Crippen molar-refractivity contribution in [2.45, 2.75) is 32.7 Å². The van der Waals surface area contributed by atoms with E-state index in [4.69, 9.17) is 9.73 Å². The van der Waals surface area contributed by atoms with E-state index in [-0.39, 0.29) is 29.5 Å². The summed E-state index contributed by atoms with van der Waals surface area (Å²) >= 11 is 0. The van der Waals surface area contributed by atoms with Gasteiger partial charge in [0.1, 0.15) is 0 Å². The molecule has 0 bridgehead atoms. The quantitative estimate of drug-likeness (QED) is 0.369. The maximum absolute atomic E-state index is 5.45. The minimum atomic E-state index is 0. The van der Waals surface area contributed by atoms with E-state index in [1.54, 1.807) is 0 Å². The van der Waals surface area contributed by atoms with Crippen LogP contribution in [0.15, 0.2) is 29.4 Å². The van der Waals surface area contributed by atoms with E-state index in [2.05, 4.69) is 41.3 Å². The first kappa shape index (κ1) is 22.1. The van der Waals surface area contributed by atoms with Gasteiger partial charge in [-0.15, -0.1) is 24.0 Å². The van der Waals surface area contributed by atoms with E-state index in [1.807, 2.05) is 24.4 Å². The molecule has 2 heterocycles. The fourth-order valence-electron chi connectivity index (χ4n) is 2.74. The number of halogens is 1. The number of ether oxygens (including phenoxy) is 1. The zero-order chi connectivity index (χ0) is 17.3. The minimum absolute atomic E-state index is 0. The Balaban J connectivity index is 0.00000312. The highest BCUT2D eigenvalue weighted by atomic mass is 127. The monoisotopic (exact) mass is 461 g/mol. The van der Waals surface area contributed by atoms with Crippen molar-refractivity contribution >= 4 is 29.9 Å². The Morgan fingerprint density at radius 1 is 1.28 bits per heavy atom. The van der Waals surface area contributed by atoms with Gasteiger partial charge in [0.15, 0.2) is 5.96 Å². The number of pyridine rings is 1. The molecular formula is C18H32IN5O. The van der Waals surface area contributed by atoms with Gasteiger partial charge in [-0.1, -0.05) is 6.07 Å². The molecule has 1 aliphatic heterocycles. The van der Waals surface area contributed by atoms with Gasteiger partial charge in [-0.25, -0.2) is 0 Å². The lowest BCUT2D eigenvalue weighted by atomic mass is 10.0. The van der Waals surface area contributed by atoms with Gasteiger partial charge in [-0.05, 0) is 32.9 Å². The van der Waals surface area contributed by atoms with Crippen LogP contribution in [0, 0.1) is 0 Å². The molecule has 0 unspecified atom stereocenters. The van der Waals surface area contributed by atoms with Crippen molar-refractivity contribution < 1.29 is 4.74 Å². The van der Waals surface area contributed by atoms with Crippen molar-refractivity contribution in [3.63, 3.8) is 0 Å². The smallest absolute Gasteiger partial charge is 0.191 e. The van der Waals surface area contributed by atoms with Crippen LogP contribution in [0.3, 0.4) is 0 Å². The second-order valence-corrected chi connectivity index (χ2v) is 6.60. The van der Waals surface area contributed by atoms with Crippen LogP contribution in [-0.2, 0) is 11.2 Å². The summed E-state index contributed by atoms with van der Waals surface area (Å²) in [6, 6.07) is 6.01. The molecule has 7 heteroatoms. The van der Waals surface area contributed by atoms with Gasteiger partial charge in [-0.3, -0.25) is 14.9 Å². The summed E-state index contributed by atoms with van der Waals surface area (Å²) in [5.74, 6) is 0.870. The predicted octanol–water partition coefficient (Wildman–Crippen LogP) is 1.91. The van der Waals surface area contributed by atoms with Crippen LogP contribution in [0.4, 0.5) is 0 Å². The van der Waals surface area contributed by atoms with E-state index >= 15 is 0 Å². The fraction of sp³-hybridized carbons (Fsp3) is 0.667. The molecule has 0 radical (unpaired) electrons. The Hall–Kier alpha value is -0.930. The zero-order valence-corrected chi connectivity index (χ0v) is 18.0. The van der Waals surface area contributed by atoms with Gasteiger partial charge < -0.3 is 15.4 Å². The van der Waals surface area contributed by atoms with E-state index in [9.17, 15) is 0 Å². The molecular weight excluding hydrogens is 429 g/mol. The molecule has 0 spiro atoms. The molecule has 25 heavy (non-hydrogen) atoms. The fourth-order valence-corrected chi connectivity index (χ4v) is 2.74. The molecule has 2 N–H and O–H groups in total. The van der Waals surface area contributed by atoms with Crippen LogP contribution < -0.4 is 10.6 Å². The van der Waals surface area contributed by atoms with E-state index in [0.29, 0.717) is 0 Å². The topological polar surface area (TPSA) is 61.8 Å². The second-order valence-electron chi connectivity index (χ2n) is 6.60. The van der Waals surface area contributed by atoms with Gasteiger partial charge in [0.2, 0.25) is 0 Å². The highest BCUT2D eigenvalue weighted by Gasteiger charge is 2.27. The average molecular weight is 461 g/mol. The number of morpholine rings is 1. The molecule has 1 saturated heterocycles. The Morgan fingerprint density at radius 3 is 2.68 bits per heavy atom. The van der Waals surface area contributed by atoms with E-state index < -0.39 is 0 Å². The first-order valence-electron chi connectivity index (χ1n) is 8.87. The number of hydrogen-bond acceptors (Lipinski definition) is 4. The third kappa shape index (κ3) is 7.87. The number of aromatic nitrogens is 1. The van der Waals surface area contributed by atoms with Crippen LogP contribution in [0.1, 0.15) is 26.5 Å². The Bertz CT molecular complexity index is 503. The summed E-state index contributed by atoms with van der Waals surface area (Å²) < 4.78 is 5.45. The maximum Gasteiger partial charge on any atom is 0.191 e. The first-order valence-corrected chi connectivity index (χ1v) is 8.87. The van der Waals surface area contributed by atoms with E-state index in [1.165, 1.54) is 0 Å². The molecule has 0 saturated carbocycles. The van der Waals surface area contributed by atoms with Crippen molar-refractivity contribution in [2.75, 3.05) is 45.9 Å². The van der Waals surface area contributed by atoms with Gasteiger partial charge in [0.25, 0.3) is 0 Å². The van der Waals surface area contributed by atoms with Crippen LogP contribution in [0.2, 0.25) is 0 Å². The van der Waals surface area contributed by atoms with Gasteiger partial charge in [-0.2, -0.15) is 0 Å². The van der Waals surface area contributed by atoms with Gasteiger partial charge in [0.05, 0.1) is 19.8 Å². The molecule has 0 amide bonds. The molecule has 1 aliphatic rings. The molecule has 0 atom stereocenters. The molecule has 1 fully saturated rings. The summed E-state index contributed by atoms with van der Waals surface area (Å²) in [7, 11) is 0. The second kappa shape index (κ2) is 11.6. The minimum Gasteiger partial charge on any atom is -0.379 e. The zero-order valence-electron chi connectivity index (χ0n) is 15.6. The highest BCUT2D eigenvalue weighted by molar-refractivity contribution is 14.0. The SMILES string of the molecule is CCNC(=NCC(C)(C)N1CCOCC1)NCCc1ccccn1.I. The molecule has 0 aromatic carbocycles. The lowest BCUT2D eigenvalue weighted by molar-refractivity contribution is -0.00683. The number of aliphatic imine (C=N–C) groups is 1. The van der Waals surface area contributed by atoms with E-state index in [0.717, 1.165) is 64.0 Å². The summed E-state index contributed by atoms with van der Waals surface area (Å²) in [6.07, 6.45) is 2.72. The van der Waals surface area contributed by atoms with Crippen LogP contribution in [0.25, 0.3) is 0 Å². The molecule has 2 rings (SSSR count). The highest BCUT2D eigenvalue weighted by Crippen LogP contribution is 2.16. The number of nitrogens with zero attached hydrogens (tertiary/aromatic N) is 3. The van der Waals surface area contributed by atoms with Gasteiger partial charge in [0, 0.05) is 50.0 Å². The summed E-state index contributed by atoms with van der Waals surface area (Å²) in [5, 5.41) is 6.72. The molecule has 6 nitrogen and oxygen atoms in total.